The molecule has 0 saturated carbocycles. The predicted molar refractivity (Wildman–Crippen MR) is 87.7 cm³/mol. The molecule has 1 aliphatic heterocycles. The summed E-state index contributed by atoms with van der Waals surface area (Å²) in [6.45, 7) is 3.18. The molecule has 1 amide bonds. The van der Waals surface area contributed by atoms with Crippen LogP contribution < -0.4 is 5.73 Å². The van der Waals surface area contributed by atoms with E-state index in [0.717, 1.165) is 23.4 Å². The molecule has 5 heteroatoms. The Morgan fingerprint density at radius 1 is 1.43 bits per heavy atom. The molecule has 0 aliphatic carbocycles. The molecule has 0 bridgehead atoms. The van der Waals surface area contributed by atoms with Crippen molar-refractivity contribution in [1.82, 2.24) is 4.90 Å². The number of carbonyl (C=O) groups is 1. The number of carbonyl (C=O) groups excluding carboxylic acids is 1. The first-order valence-electron chi connectivity index (χ1n) is 6.86. The molecule has 0 radical (unpaired) electrons. The second-order valence-corrected chi connectivity index (χ2v) is 6.81. The van der Waals surface area contributed by atoms with Gasteiger partial charge in [-0.25, -0.2) is 0 Å². The Balaban J connectivity index is 1.88. The van der Waals surface area contributed by atoms with E-state index < -0.39 is 0 Å². The van der Waals surface area contributed by atoms with Gasteiger partial charge in [0.05, 0.1) is 12.6 Å². The van der Waals surface area contributed by atoms with Crippen molar-refractivity contribution in [2.45, 2.75) is 19.4 Å². The highest BCUT2D eigenvalue weighted by molar-refractivity contribution is 7.12. The lowest BCUT2D eigenvalue weighted by atomic mass is 10.0. The summed E-state index contributed by atoms with van der Waals surface area (Å²) < 4.78 is 0. The van der Waals surface area contributed by atoms with Crippen LogP contribution in [0, 0.1) is 11.8 Å². The van der Waals surface area contributed by atoms with Crippen LogP contribution in [0.15, 0.2) is 22.9 Å². The number of fused-ring (bicyclic) bond motifs is 1. The van der Waals surface area contributed by atoms with Crippen molar-refractivity contribution in [2.75, 3.05) is 13.1 Å². The van der Waals surface area contributed by atoms with Gasteiger partial charge in [-0.2, -0.15) is 0 Å². The molecular formula is C16H16N2OS2. The number of nitrogens with zero attached hydrogens (tertiary/aromatic N) is 1. The zero-order chi connectivity index (χ0) is 14.8. The molecule has 2 aromatic rings. The fraction of sp³-hybridized carbons (Fsp3) is 0.312. The number of amides is 1. The molecule has 1 aliphatic rings. The van der Waals surface area contributed by atoms with Crippen molar-refractivity contribution < 1.29 is 4.79 Å². The van der Waals surface area contributed by atoms with Gasteiger partial charge in [0.25, 0.3) is 5.91 Å². The quantitative estimate of drug-likeness (QED) is 0.822. The Labute approximate surface area is 132 Å². The zero-order valence-corrected chi connectivity index (χ0v) is 13.4. The third-order valence-electron chi connectivity index (χ3n) is 3.72. The summed E-state index contributed by atoms with van der Waals surface area (Å²) in [6, 6.07) is 4.16. The van der Waals surface area contributed by atoms with E-state index in [4.69, 9.17) is 5.73 Å². The lowest BCUT2D eigenvalue weighted by Gasteiger charge is -2.33. The molecule has 1 atom stereocenters. The molecule has 3 heterocycles. The molecule has 2 aromatic heterocycles. The second-order valence-electron chi connectivity index (χ2n) is 4.89. The fourth-order valence-electron chi connectivity index (χ4n) is 2.64. The highest BCUT2D eigenvalue weighted by Crippen LogP contribution is 2.34. The summed E-state index contributed by atoms with van der Waals surface area (Å²) in [4.78, 5) is 16.9. The number of thiophene rings is 2. The minimum Gasteiger partial charge on any atom is -0.331 e. The standard InChI is InChI=1S/C16H16N2OS2/c1-11-13-6-10-20-14(13)4-8-18(11)16(19)15-12(3-2-7-17)5-9-21-15/h5-6,9-11H,4,7-8,17H2,1H3. The SMILES string of the molecule is CC1c2ccsc2CCN1C(=O)c1sccc1C#CCN. The van der Waals surface area contributed by atoms with Crippen molar-refractivity contribution >= 4 is 28.6 Å². The number of hydrogen-bond acceptors (Lipinski definition) is 4. The van der Waals surface area contributed by atoms with E-state index in [1.807, 2.05) is 16.3 Å². The summed E-state index contributed by atoms with van der Waals surface area (Å²) in [5, 5.41) is 4.02. The van der Waals surface area contributed by atoms with Gasteiger partial charge in [-0.05, 0) is 41.8 Å². The maximum absolute atomic E-state index is 12.8. The van der Waals surface area contributed by atoms with Crippen LogP contribution >= 0.6 is 22.7 Å². The van der Waals surface area contributed by atoms with Crippen LogP contribution in [-0.2, 0) is 6.42 Å². The van der Waals surface area contributed by atoms with E-state index in [-0.39, 0.29) is 11.9 Å². The van der Waals surface area contributed by atoms with Crippen molar-refractivity contribution in [3.05, 3.63) is 43.8 Å². The average Bonchev–Trinajstić information content (AvgIpc) is 3.14. The van der Waals surface area contributed by atoms with Crippen LogP contribution in [0.3, 0.4) is 0 Å². The first kappa shape index (κ1) is 14.3. The molecule has 1 unspecified atom stereocenters. The van der Waals surface area contributed by atoms with Crippen LogP contribution in [0.5, 0.6) is 0 Å². The molecule has 0 saturated heterocycles. The minimum absolute atomic E-state index is 0.0793. The highest BCUT2D eigenvalue weighted by Gasteiger charge is 2.30. The van der Waals surface area contributed by atoms with Crippen LogP contribution in [0.2, 0.25) is 0 Å². The van der Waals surface area contributed by atoms with Gasteiger partial charge in [0.1, 0.15) is 4.88 Å². The average molecular weight is 316 g/mol. The Hall–Kier alpha value is -1.61. The van der Waals surface area contributed by atoms with E-state index >= 15 is 0 Å². The summed E-state index contributed by atoms with van der Waals surface area (Å²) in [5.74, 6) is 5.90. The number of rotatable bonds is 1. The first-order chi connectivity index (χ1) is 10.2. The molecule has 0 fully saturated rings. The van der Waals surface area contributed by atoms with Crippen LogP contribution in [0.1, 0.15) is 38.6 Å². The Morgan fingerprint density at radius 2 is 2.24 bits per heavy atom. The van der Waals surface area contributed by atoms with E-state index in [0.29, 0.717) is 6.54 Å². The second kappa shape index (κ2) is 6.02. The minimum atomic E-state index is 0.0793. The predicted octanol–water partition coefficient (Wildman–Crippen LogP) is 2.88. The number of nitrogens with two attached hydrogens (primary N) is 1. The number of hydrogen-bond donors (Lipinski definition) is 1. The van der Waals surface area contributed by atoms with Gasteiger partial charge in [-0.15, -0.1) is 22.7 Å². The van der Waals surface area contributed by atoms with Gasteiger partial charge in [-0.1, -0.05) is 11.8 Å². The zero-order valence-electron chi connectivity index (χ0n) is 11.8. The van der Waals surface area contributed by atoms with Crippen molar-refractivity contribution in [2.24, 2.45) is 5.73 Å². The van der Waals surface area contributed by atoms with Gasteiger partial charge >= 0.3 is 0 Å². The van der Waals surface area contributed by atoms with Gasteiger partial charge in [0.15, 0.2) is 0 Å². The monoisotopic (exact) mass is 316 g/mol. The smallest absolute Gasteiger partial charge is 0.265 e. The molecule has 3 rings (SSSR count). The molecule has 21 heavy (non-hydrogen) atoms. The summed E-state index contributed by atoms with van der Waals surface area (Å²) in [7, 11) is 0. The van der Waals surface area contributed by atoms with Crippen LogP contribution in [0.25, 0.3) is 0 Å². The van der Waals surface area contributed by atoms with Crippen LogP contribution in [0.4, 0.5) is 0 Å². The van der Waals surface area contributed by atoms with Crippen molar-refractivity contribution in [3.63, 3.8) is 0 Å². The molecule has 0 spiro atoms. The third kappa shape index (κ3) is 2.62. The first-order valence-corrected chi connectivity index (χ1v) is 8.62. The van der Waals surface area contributed by atoms with Gasteiger partial charge in [-0.3, -0.25) is 4.79 Å². The fourth-order valence-corrected chi connectivity index (χ4v) is 4.40. The Kier molecular flexibility index (Phi) is 4.11. The highest BCUT2D eigenvalue weighted by atomic mass is 32.1. The molecule has 3 nitrogen and oxygen atoms in total. The largest absolute Gasteiger partial charge is 0.331 e. The normalized spacial score (nSPS) is 17.0. The summed E-state index contributed by atoms with van der Waals surface area (Å²) in [6.07, 6.45) is 0.943. The van der Waals surface area contributed by atoms with Gasteiger partial charge < -0.3 is 10.6 Å². The van der Waals surface area contributed by atoms with Crippen molar-refractivity contribution in [1.29, 1.82) is 0 Å². The van der Waals surface area contributed by atoms with Gasteiger partial charge in [0, 0.05) is 17.0 Å². The summed E-state index contributed by atoms with van der Waals surface area (Å²) >= 11 is 3.24. The van der Waals surface area contributed by atoms with E-state index in [9.17, 15) is 4.79 Å². The van der Waals surface area contributed by atoms with E-state index in [1.165, 1.54) is 21.8 Å². The Morgan fingerprint density at radius 3 is 3.05 bits per heavy atom. The molecule has 108 valence electrons. The maximum Gasteiger partial charge on any atom is 0.265 e. The van der Waals surface area contributed by atoms with Gasteiger partial charge in [0.2, 0.25) is 0 Å². The van der Waals surface area contributed by atoms with E-state index in [2.05, 4.69) is 30.2 Å². The molecule has 2 N–H and O–H groups in total. The lowest BCUT2D eigenvalue weighted by molar-refractivity contribution is 0.0684. The topological polar surface area (TPSA) is 46.3 Å². The van der Waals surface area contributed by atoms with Crippen LogP contribution in [-0.4, -0.2) is 23.9 Å². The molecule has 0 aromatic carbocycles. The maximum atomic E-state index is 12.8. The summed E-state index contributed by atoms with van der Waals surface area (Å²) in [5.41, 5.74) is 7.49. The lowest BCUT2D eigenvalue weighted by Crippen LogP contribution is -2.38. The molecular weight excluding hydrogens is 300 g/mol. The Bertz CT molecular complexity index is 720. The van der Waals surface area contributed by atoms with E-state index in [1.54, 1.807) is 11.3 Å². The third-order valence-corrected chi connectivity index (χ3v) is 5.62. The van der Waals surface area contributed by atoms with Crippen molar-refractivity contribution in [3.8, 4) is 11.8 Å².